The molecule has 0 fully saturated rings. The van der Waals surface area contributed by atoms with E-state index in [1.807, 2.05) is 12.1 Å². The van der Waals surface area contributed by atoms with Crippen LogP contribution in [0, 0.1) is 0 Å². The van der Waals surface area contributed by atoms with E-state index in [9.17, 15) is 9.90 Å². The standard InChI is InChI=1S/C12H18ClNO2S/c1-12(2,16)8-14(3)11(15)7-5-9-4-6-10(13)17-9/h4,6,16H,5,7-8H2,1-3H3. The van der Waals surface area contributed by atoms with Crippen LogP contribution in [0.15, 0.2) is 12.1 Å². The van der Waals surface area contributed by atoms with Gasteiger partial charge in [0.1, 0.15) is 0 Å². The van der Waals surface area contributed by atoms with E-state index in [-0.39, 0.29) is 5.91 Å². The third kappa shape index (κ3) is 5.52. The highest BCUT2D eigenvalue weighted by atomic mass is 35.5. The number of nitrogens with zero attached hydrogens (tertiary/aromatic N) is 1. The second kappa shape index (κ2) is 5.85. The summed E-state index contributed by atoms with van der Waals surface area (Å²) in [4.78, 5) is 14.5. The van der Waals surface area contributed by atoms with Gasteiger partial charge in [0, 0.05) is 24.9 Å². The van der Waals surface area contributed by atoms with Crippen molar-refractivity contribution in [2.45, 2.75) is 32.3 Å². The molecule has 1 aromatic rings. The van der Waals surface area contributed by atoms with Gasteiger partial charge in [0.05, 0.1) is 9.94 Å². The van der Waals surface area contributed by atoms with Gasteiger partial charge in [-0.15, -0.1) is 11.3 Å². The molecule has 5 heteroatoms. The quantitative estimate of drug-likeness (QED) is 0.897. The van der Waals surface area contributed by atoms with Crippen molar-refractivity contribution in [2.75, 3.05) is 13.6 Å². The van der Waals surface area contributed by atoms with Crippen LogP contribution < -0.4 is 0 Å². The van der Waals surface area contributed by atoms with Crippen LogP contribution in [0.3, 0.4) is 0 Å². The highest BCUT2D eigenvalue weighted by molar-refractivity contribution is 7.16. The first-order chi connectivity index (χ1) is 7.78. The van der Waals surface area contributed by atoms with Gasteiger partial charge in [-0.3, -0.25) is 4.79 Å². The number of thiophene rings is 1. The lowest BCUT2D eigenvalue weighted by Gasteiger charge is -2.25. The van der Waals surface area contributed by atoms with Crippen LogP contribution in [-0.4, -0.2) is 35.1 Å². The molecule has 0 aliphatic heterocycles. The number of amides is 1. The maximum atomic E-state index is 11.8. The summed E-state index contributed by atoms with van der Waals surface area (Å²) in [6.45, 7) is 3.72. The van der Waals surface area contributed by atoms with Crippen LogP contribution >= 0.6 is 22.9 Å². The molecule has 0 bridgehead atoms. The van der Waals surface area contributed by atoms with Crippen LogP contribution in [0.5, 0.6) is 0 Å². The molecule has 1 heterocycles. The minimum atomic E-state index is -0.851. The van der Waals surface area contributed by atoms with Gasteiger partial charge < -0.3 is 10.0 Å². The summed E-state index contributed by atoms with van der Waals surface area (Å²) < 4.78 is 0.747. The Morgan fingerprint density at radius 1 is 1.53 bits per heavy atom. The van der Waals surface area contributed by atoms with Gasteiger partial charge >= 0.3 is 0 Å². The maximum Gasteiger partial charge on any atom is 0.222 e. The molecule has 0 aliphatic rings. The van der Waals surface area contributed by atoms with Crippen molar-refractivity contribution in [1.29, 1.82) is 0 Å². The van der Waals surface area contributed by atoms with Gasteiger partial charge in [0.15, 0.2) is 0 Å². The predicted octanol–water partition coefficient (Wildman–Crippen LogP) is 2.56. The topological polar surface area (TPSA) is 40.5 Å². The zero-order chi connectivity index (χ0) is 13.1. The van der Waals surface area contributed by atoms with E-state index >= 15 is 0 Å². The van der Waals surface area contributed by atoms with E-state index in [1.165, 1.54) is 11.3 Å². The van der Waals surface area contributed by atoms with E-state index in [0.29, 0.717) is 19.4 Å². The summed E-state index contributed by atoms with van der Waals surface area (Å²) in [6.07, 6.45) is 1.15. The summed E-state index contributed by atoms with van der Waals surface area (Å²) in [6, 6.07) is 3.78. The van der Waals surface area contributed by atoms with E-state index < -0.39 is 5.60 Å². The van der Waals surface area contributed by atoms with Crippen molar-refractivity contribution in [3.05, 3.63) is 21.3 Å². The highest BCUT2D eigenvalue weighted by Gasteiger charge is 2.19. The molecule has 96 valence electrons. The molecule has 3 nitrogen and oxygen atoms in total. The third-order valence-electron chi connectivity index (χ3n) is 2.26. The fourth-order valence-electron chi connectivity index (χ4n) is 1.58. The zero-order valence-electron chi connectivity index (χ0n) is 10.4. The average molecular weight is 276 g/mol. The van der Waals surface area contributed by atoms with E-state index in [0.717, 1.165) is 9.21 Å². The average Bonchev–Trinajstić information content (AvgIpc) is 2.58. The lowest BCUT2D eigenvalue weighted by Crippen LogP contribution is -2.39. The molecule has 0 aromatic carbocycles. The Labute approximate surface area is 111 Å². The summed E-state index contributed by atoms with van der Waals surface area (Å²) in [5.74, 6) is 0.0386. The molecule has 1 aromatic heterocycles. The molecule has 0 saturated carbocycles. The fourth-order valence-corrected chi connectivity index (χ4v) is 2.66. The van der Waals surface area contributed by atoms with E-state index in [1.54, 1.807) is 25.8 Å². The van der Waals surface area contributed by atoms with Crippen LogP contribution in [0.2, 0.25) is 4.34 Å². The predicted molar refractivity (Wildman–Crippen MR) is 71.6 cm³/mol. The number of carbonyl (C=O) groups excluding carboxylic acids is 1. The second-order valence-electron chi connectivity index (χ2n) is 4.77. The molecule has 1 amide bonds. The Morgan fingerprint density at radius 2 is 2.18 bits per heavy atom. The van der Waals surface area contributed by atoms with Crippen molar-refractivity contribution >= 4 is 28.8 Å². The number of rotatable bonds is 5. The Balaban J connectivity index is 2.39. The molecule has 0 radical (unpaired) electrons. The monoisotopic (exact) mass is 275 g/mol. The first-order valence-corrected chi connectivity index (χ1v) is 6.68. The number of halogens is 1. The number of aliphatic hydroxyl groups is 1. The first kappa shape index (κ1) is 14.5. The normalized spacial score (nSPS) is 11.6. The van der Waals surface area contributed by atoms with E-state index in [4.69, 9.17) is 11.6 Å². The lowest BCUT2D eigenvalue weighted by molar-refractivity contribution is -0.132. The molecular formula is C12H18ClNO2S. The van der Waals surface area contributed by atoms with Gasteiger partial charge in [-0.2, -0.15) is 0 Å². The van der Waals surface area contributed by atoms with Crippen molar-refractivity contribution < 1.29 is 9.90 Å². The highest BCUT2D eigenvalue weighted by Crippen LogP contribution is 2.22. The van der Waals surface area contributed by atoms with Gasteiger partial charge in [-0.05, 0) is 32.4 Å². The van der Waals surface area contributed by atoms with Crippen molar-refractivity contribution in [2.24, 2.45) is 0 Å². The van der Waals surface area contributed by atoms with Crippen molar-refractivity contribution in [3.63, 3.8) is 0 Å². The molecular weight excluding hydrogens is 258 g/mol. The molecule has 0 atom stereocenters. The fraction of sp³-hybridized carbons (Fsp3) is 0.583. The smallest absolute Gasteiger partial charge is 0.222 e. The Morgan fingerprint density at radius 3 is 2.65 bits per heavy atom. The number of hydrogen-bond acceptors (Lipinski definition) is 3. The molecule has 0 aliphatic carbocycles. The molecule has 17 heavy (non-hydrogen) atoms. The van der Waals surface area contributed by atoms with Crippen molar-refractivity contribution in [3.8, 4) is 0 Å². The SMILES string of the molecule is CN(CC(C)(C)O)C(=O)CCc1ccc(Cl)s1. The Kier molecular flexibility index (Phi) is 4.98. The number of likely N-dealkylation sites (N-methyl/N-ethyl adjacent to an activating group) is 1. The van der Waals surface area contributed by atoms with Gasteiger partial charge in [-0.1, -0.05) is 11.6 Å². The number of aryl methyl sites for hydroxylation is 1. The zero-order valence-corrected chi connectivity index (χ0v) is 11.9. The van der Waals surface area contributed by atoms with Crippen LogP contribution in [-0.2, 0) is 11.2 Å². The Bertz CT molecular complexity index is 384. The Hall–Kier alpha value is -0.580. The number of carbonyl (C=O) groups is 1. The van der Waals surface area contributed by atoms with Crippen LogP contribution in [0.4, 0.5) is 0 Å². The van der Waals surface area contributed by atoms with Crippen molar-refractivity contribution in [1.82, 2.24) is 4.90 Å². The molecule has 1 N–H and O–H groups in total. The minimum absolute atomic E-state index is 0.0386. The van der Waals surface area contributed by atoms with Gasteiger partial charge in [0.25, 0.3) is 0 Å². The van der Waals surface area contributed by atoms with Gasteiger partial charge in [-0.25, -0.2) is 0 Å². The first-order valence-electron chi connectivity index (χ1n) is 5.48. The molecule has 0 spiro atoms. The summed E-state index contributed by atoms with van der Waals surface area (Å²) in [7, 11) is 1.71. The van der Waals surface area contributed by atoms with Crippen LogP contribution in [0.25, 0.3) is 0 Å². The van der Waals surface area contributed by atoms with E-state index in [2.05, 4.69) is 0 Å². The molecule has 0 saturated heterocycles. The summed E-state index contributed by atoms with van der Waals surface area (Å²) >= 11 is 7.32. The number of hydrogen-bond donors (Lipinski definition) is 1. The van der Waals surface area contributed by atoms with Crippen LogP contribution in [0.1, 0.15) is 25.1 Å². The lowest BCUT2D eigenvalue weighted by atomic mass is 10.1. The molecule has 0 unspecified atom stereocenters. The minimum Gasteiger partial charge on any atom is -0.389 e. The van der Waals surface area contributed by atoms with Gasteiger partial charge in [0.2, 0.25) is 5.91 Å². The third-order valence-corrected chi connectivity index (χ3v) is 3.55. The largest absolute Gasteiger partial charge is 0.389 e. The molecule has 1 rings (SSSR count). The maximum absolute atomic E-state index is 11.8. The second-order valence-corrected chi connectivity index (χ2v) is 6.57. The summed E-state index contributed by atoms with van der Waals surface area (Å²) in [5, 5.41) is 9.62. The summed E-state index contributed by atoms with van der Waals surface area (Å²) in [5.41, 5.74) is -0.851.